The molecular formula is C12H9N2O3-. The quantitative estimate of drug-likeness (QED) is 0.721. The molecule has 0 fully saturated rings. The van der Waals surface area contributed by atoms with Crippen molar-refractivity contribution in [3.8, 4) is 11.3 Å². The molecule has 0 saturated carbocycles. The third-order valence-electron chi connectivity index (χ3n) is 2.22. The van der Waals surface area contributed by atoms with Crippen LogP contribution in [0.1, 0.15) is 0 Å². The Hall–Kier alpha value is -2.43. The summed E-state index contributed by atoms with van der Waals surface area (Å²) in [6.45, 7) is -0.542. The number of benzene rings is 1. The highest BCUT2D eigenvalue weighted by Gasteiger charge is 2.02. The van der Waals surface area contributed by atoms with E-state index in [0.717, 1.165) is 10.2 Å². The molecule has 5 heteroatoms. The van der Waals surface area contributed by atoms with E-state index in [1.54, 1.807) is 6.07 Å². The highest BCUT2D eigenvalue weighted by atomic mass is 16.4. The molecule has 2 rings (SSSR count). The Morgan fingerprint density at radius 1 is 1.18 bits per heavy atom. The molecule has 86 valence electrons. The zero-order chi connectivity index (χ0) is 12.3. The summed E-state index contributed by atoms with van der Waals surface area (Å²) in [5, 5.41) is 14.4. The molecule has 0 radical (unpaired) electrons. The molecule has 0 spiro atoms. The summed E-state index contributed by atoms with van der Waals surface area (Å²) in [5.74, 6) is -1.34. The van der Waals surface area contributed by atoms with Gasteiger partial charge >= 0.3 is 0 Å². The van der Waals surface area contributed by atoms with E-state index in [1.165, 1.54) is 6.07 Å². The SMILES string of the molecule is O=C([O-])Cn1nc(-c2ccccc2)ccc1=O. The van der Waals surface area contributed by atoms with Gasteiger partial charge in [0.2, 0.25) is 0 Å². The highest BCUT2D eigenvalue weighted by Crippen LogP contribution is 2.13. The maximum absolute atomic E-state index is 11.3. The number of rotatable bonds is 3. The highest BCUT2D eigenvalue weighted by molar-refractivity contribution is 5.64. The van der Waals surface area contributed by atoms with E-state index in [0.29, 0.717) is 5.69 Å². The van der Waals surface area contributed by atoms with Crippen molar-refractivity contribution >= 4 is 5.97 Å². The van der Waals surface area contributed by atoms with E-state index in [1.807, 2.05) is 30.3 Å². The summed E-state index contributed by atoms with van der Waals surface area (Å²) in [5.41, 5.74) is 0.903. The predicted octanol–water partition coefficient (Wildman–Crippen LogP) is -0.340. The predicted molar refractivity (Wildman–Crippen MR) is 58.9 cm³/mol. The number of carboxylic acid groups (broad SMARTS) is 1. The lowest BCUT2D eigenvalue weighted by Gasteiger charge is -2.07. The van der Waals surface area contributed by atoms with Gasteiger partial charge in [0, 0.05) is 11.6 Å². The molecule has 0 saturated heterocycles. The van der Waals surface area contributed by atoms with Gasteiger partial charge in [0.25, 0.3) is 5.56 Å². The Bertz CT molecular complexity index is 590. The van der Waals surface area contributed by atoms with Gasteiger partial charge in [-0.25, -0.2) is 4.68 Å². The summed E-state index contributed by atoms with van der Waals surface area (Å²) >= 11 is 0. The molecule has 0 aliphatic heterocycles. The number of carbonyl (C=O) groups excluding carboxylic acids is 1. The fourth-order valence-electron chi connectivity index (χ4n) is 1.45. The van der Waals surface area contributed by atoms with Gasteiger partial charge in [-0.2, -0.15) is 5.10 Å². The second-order valence-electron chi connectivity index (χ2n) is 3.45. The summed E-state index contributed by atoms with van der Waals surface area (Å²) in [7, 11) is 0. The first-order chi connectivity index (χ1) is 8.16. The van der Waals surface area contributed by atoms with E-state index in [4.69, 9.17) is 0 Å². The lowest BCUT2D eigenvalue weighted by Crippen LogP contribution is -2.34. The standard InChI is InChI=1S/C12H10N2O3/c15-11-7-6-10(9-4-2-1-3-5-9)13-14(11)8-12(16)17/h1-7H,8H2,(H,16,17)/p-1. The molecule has 0 bridgehead atoms. The van der Waals surface area contributed by atoms with Crippen molar-refractivity contribution in [2.75, 3.05) is 0 Å². The Kier molecular flexibility index (Phi) is 3.00. The third kappa shape index (κ3) is 2.57. The number of carbonyl (C=O) groups is 1. The number of hydrogen-bond acceptors (Lipinski definition) is 4. The molecule has 2 aromatic rings. The maximum Gasteiger partial charge on any atom is 0.267 e. The lowest BCUT2D eigenvalue weighted by atomic mass is 10.1. The molecule has 5 nitrogen and oxygen atoms in total. The second kappa shape index (κ2) is 4.61. The molecular weight excluding hydrogens is 220 g/mol. The van der Waals surface area contributed by atoms with Crippen molar-refractivity contribution in [1.29, 1.82) is 0 Å². The van der Waals surface area contributed by atoms with E-state index in [9.17, 15) is 14.7 Å². The van der Waals surface area contributed by atoms with Crippen LogP contribution in [0.25, 0.3) is 11.3 Å². The topological polar surface area (TPSA) is 75.0 Å². The number of hydrogen-bond donors (Lipinski definition) is 0. The van der Waals surface area contributed by atoms with Gasteiger partial charge < -0.3 is 9.90 Å². The average Bonchev–Trinajstić information content (AvgIpc) is 2.32. The van der Waals surface area contributed by atoms with Gasteiger partial charge in [-0.15, -0.1) is 0 Å². The smallest absolute Gasteiger partial charge is 0.267 e. The van der Waals surface area contributed by atoms with Crippen molar-refractivity contribution in [2.45, 2.75) is 6.54 Å². The van der Waals surface area contributed by atoms with Gasteiger partial charge in [0.1, 0.15) is 0 Å². The average molecular weight is 229 g/mol. The van der Waals surface area contributed by atoms with Crippen LogP contribution >= 0.6 is 0 Å². The van der Waals surface area contributed by atoms with Crippen molar-refractivity contribution in [1.82, 2.24) is 9.78 Å². The normalized spacial score (nSPS) is 10.1. The van der Waals surface area contributed by atoms with E-state index < -0.39 is 18.1 Å². The van der Waals surface area contributed by atoms with Gasteiger partial charge in [-0.05, 0) is 6.07 Å². The molecule has 0 unspecified atom stereocenters. The van der Waals surface area contributed by atoms with Crippen LogP contribution in [0.15, 0.2) is 47.3 Å². The first-order valence-electron chi connectivity index (χ1n) is 5.00. The fraction of sp³-hybridized carbons (Fsp3) is 0.0833. The number of nitrogens with zero attached hydrogens (tertiary/aromatic N) is 2. The molecule has 1 aromatic carbocycles. The van der Waals surface area contributed by atoms with E-state index in [-0.39, 0.29) is 0 Å². The minimum absolute atomic E-state index is 0.464. The van der Waals surface area contributed by atoms with Crippen LogP contribution in [0.2, 0.25) is 0 Å². The van der Waals surface area contributed by atoms with Crippen LogP contribution in [0.4, 0.5) is 0 Å². The third-order valence-corrected chi connectivity index (χ3v) is 2.22. The van der Waals surface area contributed by atoms with Crippen LogP contribution in [-0.2, 0) is 11.3 Å². The zero-order valence-electron chi connectivity index (χ0n) is 8.87. The zero-order valence-corrected chi connectivity index (χ0v) is 8.87. The summed E-state index contributed by atoms with van der Waals surface area (Å²) in [4.78, 5) is 21.8. The Morgan fingerprint density at radius 2 is 1.88 bits per heavy atom. The van der Waals surface area contributed by atoms with Crippen LogP contribution in [0.5, 0.6) is 0 Å². The molecule has 0 atom stereocenters. The molecule has 0 aliphatic rings. The second-order valence-corrected chi connectivity index (χ2v) is 3.45. The first-order valence-corrected chi connectivity index (χ1v) is 5.00. The summed E-state index contributed by atoms with van der Waals surface area (Å²) in [6, 6.07) is 12.0. The summed E-state index contributed by atoms with van der Waals surface area (Å²) < 4.78 is 0.873. The molecule has 1 heterocycles. The van der Waals surface area contributed by atoms with Gasteiger partial charge in [-0.3, -0.25) is 4.79 Å². The van der Waals surface area contributed by atoms with Crippen LogP contribution in [0.3, 0.4) is 0 Å². The van der Waals surface area contributed by atoms with Crippen molar-refractivity contribution in [2.24, 2.45) is 0 Å². The Morgan fingerprint density at radius 3 is 2.53 bits per heavy atom. The van der Waals surface area contributed by atoms with E-state index >= 15 is 0 Å². The molecule has 0 amide bonds. The number of aliphatic carboxylic acids is 1. The molecule has 0 N–H and O–H groups in total. The fourth-order valence-corrected chi connectivity index (χ4v) is 1.45. The largest absolute Gasteiger partial charge is 0.548 e. The number of aromatic nitrogens is 2. The van der Waals surface area contributed by atoms with Gasteiger partial charge in [-0.1, -0.05) is 30.3 Å². The monoisotopic (exact) mass is 229 g/mol. The molecule has 0 aliphatic carbocycles. The minimum Gasteiger partial charge on any atom is -0.548 e. The van der Waals surface area contributed by atoms with Crippen LogP contribution in [-0.4, -0.2) is 15.7 Å². The van der Waals surface area contributed by atoms with Gasteiger partial charge in [0.05, 0.1) is 18.2 Å². The van der Waals surface area contributed by atoms with Crippen LogP contribution < -0.4 is 10.7 Å². The maximum atomic E-state index is 11.3. The van der Waals surface area contributed by atoms with Crippen molar-refractivity contribution in [3.63, 3.8) is 0 Å². The van der Waals surface area contributed by atoms with Crippen molar-refractivity contribution in [3.05, 3.63) is 52.8 Å². The molecule has 1 aromatic heterocycles. The molecule has 17 heavy (non-hydrogen) atoms. The Labute approximate surface area is 97.0 Å². The van der Waals surface area contributed by atoms with E-state index in [2.05, 4.69) is 5.10 Å². The van der Waals surface area contributed by atoms with Crippen molar-refractivity contribution < 1.29 is 9.90 Å². The lowest BCUT2D eigenvalue weighted by molar-refractivity contribution is -0.306. The first kappa shape index (κ1) is 11.1. The van der Waals surface area contributed by atoms with Crippen LogP contribution in [0, 0.1) is 0 Å². The minimum atomic E-state index is -1.34. The Balaban J connectivity index is 2.44. The van der Waals surface area contributed by atoms with Gasteiger partial charge in [0.15, 0.2) is 0 Å². The summed E-state index contributed by atoms with van der Waals surface area (Å²) in [6.07, 6.45) is 0. The number of carboxylic acids is 1.